The van der Waals surface area contributed by atoms with Gasteiger partial charge in [0.05, 0.1) is 0 Å². The van der Waals surface area contributed by atoms with E-state index >= 15 is 0 Å². The Morgan fingerprint density at radius 3 is 2.39 bits per heavy atom. The van der Waals surface area contributed by atoms with Gasteiger partial charge in [-0.3, -0.25) is 4.79 Å². The van der Waals surface area contributed by atoms with E-state index in [0.717, 1.165) is 22.5 Å². The third-order valence-corrected chi connectivity index (χ3v) is 3.79. The van der Waals surface area contributed by atoms with E-state index in [2.05, 4.69) is 4.98 Å². The third kappa shape index (κ3) is 2.66. The second kappa shape index (κ2) is 5.26. The number of hydrogen-bond donors (Lipinski definition) is 0. The third-order valence-electron chi connectivity index (χ3n) is 2.31. The minimum absolute atomic E-state index is 0.161. The van der Waals surface area contributed by atoms with Crippen LogP contribution in [-0.4, -0.2) is 11.3 Å². The molecule has 0 saturated heterocycles. The number of nitrogens with zero attached hydrogens (tertiary/aromatic N) is 1. The van der Waals surface area contributed by atoms with Crippen LogP contribution in [-0.2, 0) is 0 Å². The number of hydrogen-bond acceptors (Lipinski definition) is 4. The van der Waals surface area contributed by atoms with Crippen LogP contribution in [0, 0.1) is 13.8 Å². The van der Waals surface area contributed by atoms with Crippen molar-refractivity contribution in [3.05, 3.63) is 38.3 Å². The molecular formula is C12H9Cl2NO2S. The first-order valence-corrected chi connectivity index (χ1v) is 6.64. The van der Waals surface area contributed by atoms with Crippen LogP contribution >= 0.6 is 34.5 Å². The molecule has 0 amide bonds. The van der Waals surface area contributed by atoms with E-state index in [4.69, 9.17) is 27.9 Å². The molecule has 1 aromatic heterocycles. The minimum Gasteiger partial charge on any atom is -0.430 e. The highest BCUT2D eigenvalue weighted by atomic mass is 35.5. The molecule has 0 aliphatic rings. The molecule has 2 aromatic rings. The van der Waals surface area contributed by atoms with Gasteiger partial charge in [0, 0.05) is 5.02 Å². The lowest BCUT2D eigenvalue weighted by atomic mass is 10.1. The van der Waals surface area contributed by atoms with Crippen molar-refractivity contribution < 1.29 is 9.53 Å². The number of aldehydes is 1. The second-order valence-electron chi connectivity index (χ2n) is 3.72. The van der Waals surface area contributed by atoms with Crippen LogP contribution in [0.5, 0.6) is 10.9 Å². The molecule has 0 aliphatic carbocycles. The van der Waals surface area contributed by atoms with Gasteiger partial charge in [-0.1, -0.05) is 34.5 Å². The van der Waals surface area contributed by atoms with Crippen LogP contribution in [0.1, 0.15) is 20.8 Å². The van der Waals surface area contributed by atoms with Crippen molar-refractivity contribution in [1.29, 1.82) is 0 Å². The lowest BCUT2D eigenvalue weighted by molar-refractivity contribution is 0.112. The fourth-order valence-corrected chi connectivity index (χ4v) is 2.80. The van der Waals surface area contributed by atoms with Crippen molar-refractivity contribution in [2.75, 3.05) is 0 Å². The Morgan fingerprint density at radius 2 is 1.89 bits per heavy atom. The average molecular weight is 302 g/mol. The standard InChI is InChI=1S/C12H9Cl2NO2S/c1-6-3-8(13)4-7(2)10(6)17-12-15-11(14)9(5-16)18-12/h3-5H,1-2H3. The number of carbonyl (C=O) groups excluding carboxylic acids is 1. The Hall–Kier alpha value is -1.10. The normalized spacial score (nSPS) is 10.4. The zero-order valence-electron chi connectivity index (χ0n) is 9.66. The summed E-state index contributed by atoms with van der Waals surface area (Å²) in [6, 6.07) is 3.61. The fourth-order valence-electron chi connectivity index (χ4n) is 1.56. The van der Waals surface area contributed by atoms with Gasteiger partial charge >= 0.3 is 0 Å². The van der Waals surface area contributed by atoms with Crippen LogP contribution in [0.15, 0.2) is 12.1 Å². The Morgan fingerprint density at radius 1 is 1.28 bits per heavy atom. The Kier molecular flexibility index (Phi) is 3.90. The molecule has 0 aliphatic heterocycles. The number of aryl methyl sites for hydroxylation is 2. The molecule has 0 spiro atoms. The highest BCUT2D eigenvalue weighted by Gasteiger charge is 2.13. The molecule has 0 atom stereocenters. The predicted octanol–water partition coefficient (Wildman–Crippen LogP) is 4.67. The molecule has 0 saturated carbocycles. The smallest absolute Gasteiger partial charge is 0.280 e. The molecule has 6 heteroatoms. The molecule has 2 rings (SSSR count). The lowest BCUT2D eigenvalue weighted by Gasteiger charge is -2.09. The van der Waals surface area contributed by atoms with Crippen LogP contribution in [0.4, 0.5) is 0 Å². The van der Waals surface area contributed by atoms with E-state index in [-0.39, 0.29) is 5.15 Å². The summed E-state index contributed by atoms with van der Waals surface area (Å²) in [6.45, 7) is 3.79. The predicted molar refractivity (Wildman–Crippen MR) is 73.5 cm³/mol. The van der Waals surface area contributed by atoms with Crippen molar-refractivity contribution in [3.63, 3.8) is 0 Å². The number of benzene rings is 1. The number of rotatable bonds is 3. The molecule has 0 unspecified atom stereocenters. The molecule has 94 valence electrons. The average Bonchev–Trinajstić information content (AvgIpc) is 2.64. The summed E-state index contributed by atoms with van der Waals surface area (Å²) in [5.74, 6) is 0.683. The topological polar surface area (TPSA) is 39.2 Å². The number of aromatic nitrogens is 1. The molecule has 1 heterocycles. The molecule has 0 fully saturated rings. The van der Waals surface area contributed by atoms with Crippen LogP contribution in [0.3, 0.4) is 0 Å². The number of carbonyl (C=O) groups is 1. The lowest BCUT2D eigenvalue weighted by Crippen LogP contribution is -1.90. The Labute approximate surface area is 118 Å². The van der Waals surface area contributed by atoms with E-state index in [9.17, 15) is 4.79 Å². The van der Waals surface area contributed by atoms with Gasteiger partial charge in [0.25, 0.3) is 5.19 Å². The van der Waals surface area contributed by atoms with E-state index < -0.39 is 0 Å². The maximum atomic E-state index is 10.7. The quantitative estimate of drug-likeness (QED) is 0.773. The Balaban J connectivity index is 2.36. The number of ether oxygens (including phenoxy) is 1. The summed E-state index contributed by atoms with van der Waals surface area (Å²) in [6.07, 6.45) is 0.661. The molecule has 0 N–H and O–H groups in total. The van der Waals surface area contributed by atoms with Gasteiger partial charge in [0.1, 0.15) is 10.6 Å². The van der Waals surface area contributed by atoms with Gasteiger partial charge in [0.2, 0.25) is 0 Å². The largest absolute Gasteiger partial charge is 0.430 e. The summed E-state index contributed by atoms with van der Waals surface area (Å²) in [4.78, 5) is 15.0. The van der Waals surface area contributed by atoms with Gasteiger partial charge in [-0.25, -0.2) is 0 Å². The maximum absolute atomic E-state index is 10.7. The van der Waals surface area contributed by atoms with E-state index in [0.29, 0.717) is 27.1 Å². The van der Waals surface area contributed by atoms with Crippen molar-refractivity contribution in [2.45, 2.75) is 13.8 Å². The van der Waals surface area contributed by atoms with Crippen LogP contribution in [0.25, 0.3) is 0 Å². The van der Waals surface area contributed by atoms with Crippen LogP contribution in [0.2, 0.25) is 10.2 Å². The first-order chi connectivity index (χ1) is 8.51. The zero-order chi connectivity index (χ0) is 13.3. The molecule has 3 nitrogen and oxygen atoms in total. The van der Waals surface area contributed by atoms with E-state index in [1.54, 1.807) is 12.1 Å². The molecule has 1 aromatic carbocycles. The number of halogens is 2. The van der Waals surface area contributed by atoms with Crippen LogP contribution < -0.4 is 4.74 Å². The molecular weight excluding hydrogens is 293 g/mol. The van der Waals surface area contributed by atoms with E-state index in [1.165, 1.54) is 0 Å². The van der Waals surface area contributed by atoms with Gasteiger partial charge in [-0.2, -0.15) is 4.98 Å². The summed E-state index contributed by atoms with van der Waals surface area (Å²) in [5.41, 5.74) is 1.80. The minimum atomic E-state index is 0.161. The Bertz CT molecular complexity index is 587. The van der Waals surface area contributed by atoms with Crippen molar-refractivity contribution in [1.82, 2.24) is 4.98 Å². The van der Waals surface area contributed by atoms with Gasteiger partial charge in [0.15, 0.2) is 11.4 Å². The second-order valence-corrected chi connectivity index (χ2v) is 5.51. The number of thiazole rings is 1. The van der Waals surface area contributed by atoms with Gasteiger partial charge in [-0.05, 0) is 37.1 Å². The zero-order valence-corrected chi connectivity index (χ0v) is 12.0. The first kappa shape index (κ1) is 13.3. The van der Waals surface area contributed by atoms with Crippen molar-refractivity contribution in [3.8, 4) is 10.9 Å². The summed E-state index contributed by atoms with van der Waals surface area (Å²) in [5, 5.41) is 1.16. The molecule has 0 bridgehead atoms. The maximum Gasteiger partial charge on any atom is 0.280 e. The molecule has 0 radical (unpaired) electrons. The molecule has 18 heavy (non-hydrogen) atoms. The van der Waals surface area contributed by atoms with Crippen molar-refractivity contribution in [2.24, 2.45) is 0 Å². The summed E-state index contributed by atoms with van der Waals surface area (Å²) in [7, 11) is 0. The van der Waals surface area contributed by atoms with Crippen molar-refractivity contribution >= 4 is 40.8 Å². The monoisotopic (exact) mass is 301 g/mol. The first-order valence-electron chi connectivity index (χ1n) is 5.07. The summed E-state index contributed by atoms with van der Waals surface area (Å²) >= 11 is 12.8. The van der Waals surface area contributed by atoms with E-state index in [1.807, 2.05) is 13.8 Å². The van der Waals surface area contributed by atoms with Gasteiger partial charge in [-0.15, -0.1) is 0 Å². The fraction of sp³-hybridized carbons (Fsp3) is 0.167. The SMILES string of the molecule is Cc1cc(Cl)cc(C)c1Oc1nc(Cl)c(C=O)s1. The highest BCUT2D eigenvalue weighted by Crippen LogP contribution is 2.35. The summed E-state index contributed by atoms with van der Waals surface area (Å²) < 4.78 is 5.66. The van der Waals surface area contributed by atoms with Gasteiger partial charge < -0.3 is 4.74 Å². The highest BCUT2D eigenvalue weighted by molar-refractivity contribution is 7.15.